The number of rotatable bonds is 7. The maximum absolute atomic E-state index is 11.6. The number of hydrogen-bond donors (Lipinski definition) is 2. The molecule has 1 heterocycles. The van der Waals surface area contributed by atoms with Crippen molar-refractivity contribution >= 4 is 12.2 Å². The van der Waals surface area contributed by atoms with Gasteiger partial charge >= 0.3 is 0 Å². The molecule has 0 radical (unpaired) electrons. The molecule has 1 aromatic heterocycles. The Hall–Kier alpha value is -2.83. The van der Waals surface area contributed by atoms with Crippen LogP contribution in [-0.2, 0) is 6.42 Å². The molecule has 2 N–H and O–H groups in total. The highest BCUT2D eigenvalue weighted by Gasteiger charge is 2.07. The van der Waals surface area contributed by atoms with Gasteiger partial charge < -0.3 is 9.47 Å². The van der Waals surface area contributed by atoms with Crippen molar-refractivity contribution in [2.45, 2.75) is 19.8 Å². The van der Waals surface area contributed by atoms with Crippen molar-refractivity contribution in [2.75, 3.05) is 19.6 Å². The van der Waals surface area contributed by atoms with Crippen LogP contribution in [0.3, 0.4) is 0 Å². The van der Waals surface area contributed by atoms with Crippen molar-refractivity contribution in [1.82, 2.24) is 9.97 Å². The molecule has 0 aliphatic carbocycles. The number of nitrogens with one attached hydrogen (secondary N) is 2. The van der Waals surface area contributed by atoms with E-state index in [0.29, 0.717) is 17.4 Å². The first-order valence-corrected chi connectivity index (χ1v) is 7.28. The SMILES string of the molecule is CCCc1cc(=O)[nH]c(N/N=C/c2cccc(OC)c2OC)n1. The molecule has 0 saturated heterocycles. The van der Waals surface area contributed by atoms with Gasteiger partial charge in [-0.1, -0.05) is 19.4 Å². The Morgan fingerprint density at radius 1 is 1.35 bits per heavy atom. The second-order valence-corrected chi connectivity index (χ2v) is 4.79. The predicted octanol–water partition coefficient (Wildman–Crippen LogP) is 2.19. The van der Waals surface area contributed by atoms with Crippen LogP contribution in [0.25, 0.3) is 0 Å². The van der Waals surface area contributed by atoms with Gasteiger partial charge in [-0.15, -0.1) is 0 Å². The fraction of sp³-hybridized carbons (Fsp3) is 0.312. The molecule has 0 fully saturated rings. The van der Waals surface area contributed by atoms with Crippen LogP contribution in [0.2, 0.25) is 0 Å². The lowest BCUT2D eigenvalue weighted by Gasteiger charge is -2.09. The van der Waals surface area contributed by atoms with Crippen LogP contribution in [0.4, 0.5) is 5.95 Å². The Labute approximate surface area is 134 Å². The summed E-state index contributed by atoms with van der Waals surface area (Å²) in [6.07, 6.45) is 3.24. The van der Waals surface area contributed by atoms with Crippen LogP contribution >= 0.6 is 0 Å². The van der Waals surface area contributed by atoms with E-state index in [9.17, 15) is 4.79 Å². The Morgan fingerprint density at radius 3 is 2.87 bits per heavy atom. The summed E-state index contributed by atoms with van der Waals surface area (Å²) in [6.45, 7) is 2.03. The smallest absolute Gasteiger partial charge is 0.252 e. The van der Waals surface area contributed by atoms with Gasteiger partial charge in [-0.25, -0.2) is 10.4 Å². The van der Waals surface area contributed by atoms with Crippen molar-refractivity contribution in [3.63, 3.8) is 0 Å². The molecule has 0 saturated carbocycles. The third-order valence-corrected chi connectivity index (χ3v) is 3.11. The van der Waals surface area contributed by atoms with Gasteiger partial charge in [0.2, 0.25) is 5.95 Å². The summed E-state index contributed by atoms with van der Waals surface area (Å²) in [4.78, 5) is 18.5. The molecule has 0 spiro atoms. The number of aryl methyl sites for hydroxylation is 1. The number of aromatic nitrogens is 2. The minimum Gasteiger partial charge on any atom is -0.493 e. The first-order valence-electron chi connectivity index (χ1n) is 7.28. The summed E-state index contributed by atoms with van der Waals surface area (Å²) >= 11 is 0. The zero-order valence-corrected chi connectivity index (χ0v) is 13.4. The van der Waals surface area contributed by atoms with Crippen LogP contribution in [0.5, 0.6) is 11.5 Å². The van der Waals surface area contributed by atoms with Crippen molar-refractivity contribution < 1.29 is 9.47 Å². The summed E-state index contributed by atoms with van der Waals surface area (Å²) in [6, 6.07) is 6.97. The third kappa shape index (κ3) is 4.32. The molecule has 23 heavy (non-hydrogen) atoms. The lowest BCUT2D eigenvalue weighted by molar-refractivity contribution is 0.354. The fourth-order valence-electron chi connectivity index (χ4n) is 2.12. The Balaban J connectivity index is 2.18. The molecule has 2 rings (SSSR count). The zero-order chi connectivity index (χ0) is 16.7. The largest absolute Gasteiger partial charge is 0.493 e. The molecule has 0 aliphatic rings. The molecule has 0 bridgehead atoms. The third-order valence-electron chi connectivity index (χ3n) is 3.11. The molecule has 0 amide bonds. The normalized spacial score (nSPS) is 10.7. The number of aromatic amines is 1. The van der Waals surface area contributed by atoms with Crippen molar-refractivity contribution in [1.29, 1.82) is 0 Å². The Kier molecular flexibility index (Phi) is 5.74. The quantitative estimate of drug-likeness (QED) is 0.604. The Bertz CT molecular complexity index is 740. The molecule has 0 aliphatic heterocycles. The number of H-pyrrole nitrogens is 1. The van der Waals surface area contributed by atoms with E-state index < -0.39 is 0 Å². The van der Waals surface area contributed by atoms with Gasteiger partial charge in [-0.2, -0.15) is 5.10 Å². The van der Waals surface area contributed by atoms with E-state index in [1.54, 1.807) is 26.5 Å². The van der Waals surface area contributed by atoms with E-state index in [2.05, 4.69) is 20.5 Å². The molecule has 122 valence electrons. The molecular weight excluding hydrogens is 296 g/mol. The molecule has 1 aromatic carbocycles. The average molecular weight is 316 g/mol. The lowest BCUT2D eigenvalue weighted by atomic mass is 10.2. The Morgan fingerprint density at radius 2 is 2.17 bits per heavy atom. The van der Waals surface area contributed by atoms with Gasteiger partial charge in [0.15, 0.2) is 11.5 Å². The van der Waals surface area contributed by atoms with Crippen LogP contribution in [0.1, 0.15) is 24.6 Å². The number of nitrogens with zero attached hydrogens (tertiary/aromatic N) is 2. The zero-order valence-electron chi connectivity index (χ0n) is 13.4. The minimum absolute atomic E-state index is 0.208. The van der Waals surface area contributed by atoms with E-state index >= 15 is 0 Å². The monoisotopic (exact) mass is 316 g/mol. The van der Waals surface area contributed by atoms with Crippen molar-refractivity contribution in [2.24, 2.45) is 5.10 Å². The number of ether oxygens (including phenoxy) is 2. The topological polar surface area (TPSA) is 88.6 Å². The predicted molar refractivity (Wildman–Crippen MR) is 89.6 cm³/mol. The minimum atomic E-state index is -0.208. The number of anilines is 1. The lowest BCUT2D eigenvalue weighted by Crippen LogP contribution is -2.12. The second-order valence-electron chi connectivity index (χ2n) is 4.79. The van der Waals surface area contributed by atoms with Gasteiger partial charge in [0, 0.05) is 17.3 Å². The number of methoxy groups -OCH3 is 2. The molecular formula is C16H20N4O3. The van der Waals surface area contributed by atoms with Crippen LogP contribution in [-0.4, -0.2) is 30.4 Å². The maximum Gasteiger partial charge on any atom is 0.252 e. The second kappa shape index (κ2) is 7.98. The van der Waals surface area contributed by atoms with E-state index in [0.717, 1.165) is 24.1 Å². The van der Waals surface area contributed by atoms with Crippen molar-refractivity contribution in [3.8, 4) is 11.5 Å². The first kappa shape index (κ1) is 16.5. The fourth-order valence-corrected chi connectivity index (χ4v) is 2.12. The highest BCUT2D eigenvalue weighted by molar-refractivity contribution is 5.85. The molecule has 0 unspecified atom stereocenters. The molecule has 7 heteroatoms. The summed E-state index contributed by atoms with van der Waals surface area (Å²) < 4.78 is 10.6. The van der Waals surface area contributed by atoms with E-state index in [1.165, 1.54) is 6.07 Å². The summed E-state index contributed by atoms with van der Waals surface area (Å²) in [5.74, 6) is 1.51. The standard InChI is InChI=1S/C16H20N4O3/c1-4-6-12-9-14(21)19-16(18-12)20-17-10-11-7-5-8-13(22-2)15(11)23-3/h5,7-10H,4,6H2,1-3H3,(H2,18,19,20,21)/b17-10+. The van der Waals surface area contributed by atoms with Gasteiger partial charge in [-0.05, 0) is 18.6 Å². The highest BCUT2D eigenvalue weighted by atomic mass is 16.5. The highest BCUT2D eigenvalue weighted by Crippen LogP contribution is 2.29. The van der Waals surface area contributed by atoms with Crippen LogP contribution in [0, 0.1) is 0 Å². The maximum atomic E-state index is 11.6. The van der Waals surface area contributed by atoms with Crippen LogP contribution < -0.4 is 20.5 Å². The molecule has 0 atom stereocenters. The number of hydrazone groups is 1. The van der Waals surface area contributed by atoms with Gasteiger partial charge in [0.25, 0.3) is 5.56 Å². The molecule has 2 aromatic rings. The van der Waals surface area contributed by atoms with E-state index in [4.69, 9.17) is 9.47 Å². The number of para-hydroxylation sites is 1. The molecule has 7 nitrogen and oxygen atoms in total. The summed E-state index contributed by atoms with van der Waals surface area (Å²) in [7, 11) is 3.14. The van der Waals surface area contributed by atoms with E-state index in [1.807, 2.05) is 19.1 Å². The van der Waals surface area contributed by atoms with Gasteiger partial charge in [-0.3, -0.25) is 9.78 Å². The first-order chi connectivity index (χ1) is 11.2. The average Bonchev–Trinajstić information content (AvgIpc) is 2.54. The van der Waals surface area contributed by atoms with Gasteiger partial charge in [0.1, 0.15) is 0 Å². The summed E-state index contributed by atoms with van der Waals surface area (Å²) in [5.41, 5.74) is 3.99. The summed E-state index contributed by atoms with van der Waals surface area (Å²) in [5, 5.41) is 4.10. The van der Waals surface area contributed by atoms with Crippen molar-refractivity contribution in [3.05, 3.63) is 45.9 Å². The van der Waals surface area contributed by atoms with Crippen LogP contribution in [0.15, 0.2) is 34.2 Å². The van der Waals surface area contributed by atoms with Gasteiger partial charge in [0.05, 0.1) is 20.4 Å². The van der Waals surface area contributed by atoms with E-state index in [-0.39, 0.29) is 5.56 Å². The number of benzene rings is 1. The number of hydrogen-bond acceptors (Lipinski definition) is 6.